The van der Waals surface area contributed by atoms with Gasteiger partial charge >= 0.3 is 0 Å². The monoisotopic (exact) mass is 340 g/mol. The van der Waals surface area contributed by atoms with E-state index in [2.05, 4.69) is 15.2 Å². The molecule has 0 bridgehead atoms. The molecule has 2 aromatic heterocycles. The zero-order valence-electron chi connectivity index (χ0n) is 13.9. The molecule has 1 aliphatic carbocycles. The Hall–Kier alpha value is -2.83. The third-order valence-electron chi connectivity index (χ3n) is 4.59. The molecule has 0 radical (unpaired) electrons. The van der Waals surface area contributed by atoms with Crippen molar-refractivity contribution in [3.8, 4) is 0 Å². The van der Waals surface area contributed by atoms with Crippen LogP contribution in [0.3, 0.4) is 0 Å². The Morgan fingerprint density at radius 2 is 1.92 bits per heavy atom. The van der Waals surface area contributed by atoms with Crippen LogP contribution in [0.5, 0.6) is 0 Å². The van der Waals surface area contributed by atoms with Crippen LogP contribution in [0.15, 0.2) is 41.1 Å². The molecular formula is C18H20N4O3. The van der Waals surface area contributed by atoms with Crippen molar-refractivity contribution in [3.63, 3.8) is 0 Å². The second-order valence-corrected chi connectivity index (χ2v) is 6.43. The van der Waals surface area contributed by atoms with Gasteiger partial charge in [0.15, 0.2) is 5.76 Å². The van der Waals surface area contributed by atoms with Gasteiger partial charge in [-0.1, -0.05) is 0 Å². The van der Waals surface area contributed by atoms with Crippen LogP contribution in [0.4, 0.5) is 11.5 Å². The van der Waals surface area contributed by atoms with E-state index in [1.54, 1.807) is 23.2 Å². The van der Waals surface area contributed by atoms with Gasteiger partial charge in [-0.3, -0.25) is 9.59 Å². The van der Waals surface area contributed by atoms with Crippen LogP contribution < -0.4 is 10.2 Å². The minimum atomic E-state index is -0.0734. The summed E-state index contributed by atoms with van der Waals surface area (Å²) < 4.78 is 5.17. The van der Waals surface area contributed by atoms with Crippen molar-refractivity contribution < 1.29 is 14.0 Å². The quantitative estimate of drug-likeness (QED) is 0.921. The fourth-order valence-electron chi connectivity index (χ4n) is 2.93. The first kappa shape index (κ1) is 15.7. The van der Waals surface area contributed by atoms with E-state index in [1.807, 2.05) is 12.1 Å². The summed E-state index contributed by atoms with van der Waals surface area (Å²) in [6.07, 6.45) is 5.17. The number of pyridine rings is 1. The molecule has 1 saturated heterocycles. The number of amides is 2. The summed E-state index contributed by atoms with van der Waals surface area (Å²) in [5.74, 6) is 1.42. The van der Waals surface area contributed by atoms with Gasteiger partial charge in [-0.25, -0.2) is 4.98 Å². The Morgan fingerprint density at radius 3 is 2.52 bits per heavy atom. The first-order valence-electron chi connectivity index (χ1n) is 8.55. The molecule has 2 fully saturated rings. The maximum absolute atomic E-state index is 12.3. The fraction of sp³-hybridized carbons (Fsp3) is 0.389. The first-order valence-corrected chi connectivity index (χ1v) is 8.55. The van der Waals surface area contributed by atoms with Crippen molar-refractivity contribution in [1.82, 2.24) is 9.88 Å². The van der Waals surface area contributed by atoms with Crippen LogP contribution in [0.1, 0.15) is 23.4 Å². The van der Waals surface area contributed by atoms with Gasteiger partial charge in [-0.2, -0.15) is 0 Å². The first-order chi connectivity index (χ1) is 12.2. The van der Waals surface area contributed by atoms with E-state index in [0.717, 1.165) is 24.3 Å². The summed E-state index contributed by atoms with van der Waals surface area (Å²) in [6.45, 7) is 2.68. The number of aromatic nitrogens is 1. The molecule has 2 amide bonds. The summed E-state index contributed by atoms with van der Waals surface area (Å²) in [6, 6.07) is 7.19. The highest BCUT2D eigenvalue weighted by Crippen LogP contribution is 2.30. The highest BCUT2D eigenvalue weighted by molar-refractivity contribution is 5.94. The molecule has 130 valence electrons. The number of hydrogen-bond acceptors (Lipinski definition) is 5. The molecule has 25 heavy (non-hydrogen) atoms. The normalized spacial score (nSPS) is 17.4. The average Bonchev–Trinajstić information content (AvgIpc) is 3.37. The van der Waals surface area contributed by atoms with Crippen molar-refractivity contribution in [2.75, 3.05) is 36.4 Å². The molecule has 0 aromatic carbocycles. The van der Waals surface area contributed by atoms with Crippen LogP contribution in [0.25, 0.3) is 0 Å². The molecule has 3 heterocycles. The van der Waals surface area contributed by atoms with Gasteiger partial charge in [-0.05, 0) is 37.1 Å². The number of carbonyl (C=O) groups is 2. The Bertz CT molecular complexity index is 745. The predicted molar refractivity (Wildman–Crippen MR) is 92.4 cm³/mol. The molecule has 0 unspecified atom stereocenters. The lowest BCUT2D eigenvalue weighted by atomic mass is 10.2. The number of rotatable bonds is 4. The summed E-state index contributed by atoms with van der Waals surface area (Å²) in [7, 11) is 0. The van der Waals surface area contributed by atoms with Crippen LogP contribution in [-0.2, 0) is 4.79 Å². The van der Waals surface area contributed by atoms with E-state index in [-0.39, 0.29) is 17.7 Å². The van der Waals surface area contributed by atoms with Gasteiger partial charge in [0.1, 0.15) is 5.82 Å². The molecule has 1 N–H and O–H groups in total. The molecule has 2 aliphatic rings. The molecule has 4 rings (SSSR count). The van der Waals surface area contributed by atoms with E-state index in [1.165, 1.54) is 6.26 Å². The van der Waals surface area contributed by atoms with E-state index < -0.39 is 0 Å². The Balaban J connectivity index is 1.32. The van der Waals surface area contributed by atoms with Crippen LogP contribution in [0, 0.1) is 5.92 Å². The van der Waals surface area contributed by atoms with Crippen LogP contribution >= 0.6 is 0 Å². The third-order valence-corrected chi connectivity index (χ3v) is 4.59. The molecule has 0 spiro atoms. The van der Waals surface area contributed by atoms with Gasteiger partial charge < -0.3 is 19.5 Å². The Morgan fingerprint density at radius 1 is 1.12 bits per heavy atom. The predicted octanol–water partition coefficient (Wildman–Crippen LogP) is 1.99. The smallest absolute Gasteiger partial charge is 0.289 e. The van der Waals surface area contributed by atoms with Gasteiger partial charge in [0, 0.05) is 32.1 Å². The number of hydrogen-bond donors (Lipinski definition) is 1. The lowest BCUT2D eigenvalue weighted by Gasteiger charge is -2.35. The van der Waals surface area contributed by atoms with Crippen LogP contribution in [-0.4, -0.2) is 47.9 Å². The lowest BCUT2D eigenvalue weighted by Crippen LogP contribution is -2.49. The average molecular weight is 340 g/mol. The molecule has 7 nitrogen and oxygen atoms in total. The maximum Gasteiger partial charge on any atom is 0.289 e. The van der Waals surface area contributed by atoms with Crippen molar-refractivity contribution >= 4 is 23.3 Å². The van der Waals surface area contributed by atoms with E-state index in [9.17, 15) is 9.59 Å². The SMILES string of the molecule is O=C(Nc1ccc(N2CCN(C(=O)c3ccco3)CC2)nc1)C1CC1. The van der Waals surface area contributed by atoms with Gasteiger partial charge in [-0.15, -0.1) is 0 Å². The van der Waals surface area contributed by atoms with Crippen molar-refractivity contribution in [1.29, 1.82) is 0 Å². The van der Waals surface area contributed by atoms with Gasteiger partial charge in [0.2, 0.25) is 5.91 Å². The van der Waals surface area contributed by atoms with Gasteiger partial charge in [0.25, 0.3) is 5.91 Å². The molecule has 1 aliphatic heterocycles. The third kappa shape index (κ3) is 3.50. The summed E-state index contributed by atoms with van der Waals surface area (Å²) >= 11 is 0. The highest BCUT2D eigenvalue weighted by atomic mass is 16.3. The number of nitrogens with one attached hydrogen (secondary N) is 1. The summed E-state index contributed by atoms with van der Waals surface area (Å²) in [5, 5.41) is 2.89. The minimum Gasteiger partial charge on any atom is -0.459 e. The van der Waals surface area contributed by atoms with E-state index in [4.69, 9.17) is 4.42 Å². The van der Waals surface area contributed by atoms with Crippen LogP contribution in [0.2, 0.25) is 0 Å². The standard InChI is InChI=1S/C18H20N4O3/c23-17(13-3-4-13)20-14-5-6-16(19-12-14)21-7-9-22(10-8-21)18(24)15-2-1-11-25-15/h1-2,5-6,11-13H,3-4,7-10H2,(H,20,23). The maximum atomic E-state index is 12.3. The molecule has 0 atom stereocenters. The second-order valence-electron chi connectivity index (χ2n) is 6.43. The van der Waals surface area contributed by atoms with E-state index >= 15 is 0 Å². The summed E-state index contributed by atoms with van der Waals surface area (Å²) in [4.78, 5) is 32.4. The largest absolute Gasteiger partial charge is 0.459 e. The number of nitrogens with zero attached hydrogens (tertiary/aromatic N) is 3. The Kier molecular flexibility index (Phi) is 4.13. The minimum absolute atomic E-state index is 0.0734. The molecule has 1 saturated carbocycles. The molecular weight excluding hydrogens is 320 g/mol. The molecule has 7 heteroatoms. The van der Waals surface area contributed by atoms with Crippen molar-refractivity contribution in [2.24, 2.45) is 5.92 Å². The Labute approximate surface area is 145 Å². The summed E-state index contributed by atoms with van der Waals surface area (Å²) in [5.41, 5.74) is 0.729. The van der Waals surface area contributed by atoms with Crippen molar-refractivity contribution in [3.05, 3.63) is 42.5 Å². The number of piperazine rings is 1. The van der Waals surface area contributed by atoms with Crippen molar-refractivity contribution in [2.45, 2.75) is 12.8 Å². The topological polar surface area (TPSA) is 78.7 Å². The zero-order valence-corrected chi connectivity index (χ0v) is 13.9. The second kappa shape index (κ2) is 6.58. The number of anilines is 2. The fourth-order valence-corrected chi connectivity index (χ4v) is 2.93. The molecule has 2 aromatic rings. The lowest BCUT2D eigenvalue weighted by molar-refractivity contribution is -0.117. The van der Waals surface area contributed by atoms with Gasteiger partial charge in [0.05, 0.1) is 18.1 Å². The highest BCUT2D eigenvalue weighted by Gasteiger charge is 2.29. The number of carbonyl (C=O) groups excluding carboxylic acids is 2. The van der Waals surface area contributed by atoms with E-state index in [0.29, 0.717) is 31.9 Å². The number of furan rings is 1. The zero-order chi connectivity index (χ0) is 17.2.